The molecular weight excluding hydrogens is 241 g/mol. The third-order valence-electron chi connectivity index (χ3n) is 3.47. The number of halogens is 3. The Morgan fingerprint density at radius 3 is 2.72 bits per heavy atom. The van der Waals surface area contributed by atoms with Crippen LogP contribution in [-0.2, 0) is 0 Å². The molecule has 0 aliphatic heterocycles. The molecule has 0 heterocycles. The van der Waals surface area contributed by atoms with Gasteiger partial charge < -0.3 is 0 Å². The quantitative estimate of drug-likeness (QED) is 0.727. The SMILES string of the molecule is Cc1ccc(C(=O)C2CCCC(F)(F)C2)cc1F. The van der Waals surface area contributed by atoms with Crippen molar-refractivity contribution in [3.05, 3.63) is 35.1 Å². The van der Waals surface area contributed by atoms with Crippen molar-refractivity contribution in [2.45, 2.75) is 38.5 Å². The Morgan fingerprint density at radius 2 is 2.11 bits per heavy atom. The second kappa shape index (κ2) is 4.75. The monoisotopic (exact) mass is 256 g/mol. The van der Waals surface area contributed by atoms with Crippen LogP contribution < -0.4 is 0 Å². The van der Waals surface area contributed by atoms with Crippen molar-refractivity contribution in [2.24, 2.45) is 5.92 Å². The molecule has 1 aromatic carbocycles. The summed E-state index contributed by atoms with van der Waals surface area (Å²) in [5.41, 5.74) is 0.640. The predicted molar refractivity (Wildman–Crippen MR) is 62.4 cm³/mol. The number of carbonyl (C=O) groups excluding carboxylic acids is 1. The molecule has 0 bridgehead atoms. The summed E-state index contributed by atoms with van der Waals surface area (Å²) in [6.45, 7) is 1.60. The zero-order valence-electron chi connectivity index (χ0n) is 10.2. The lowest BCUT2D eigenvalue weighted by Gasteiger charge is -2.27. The molecule has 0 radical (unpaired) electrons. The topological polar surface area (TPSA) is 17.1 Å². The van der Waals surface area contributed by atoms with Crippen LogP contribution in [0.15, 0.2) is 18.2 Å². The van der Waals surface area contributed by atoms with E-state index in [1.807, 2.05) is 0 Å². The zero-order valence-corrected chi connectivity index (χ0v) is 10.2. The maximum atomic E-state index is 13.4. The van der Waals surface area contributed by atoms with Gasteiger partial charge in [-0.1, -0.05) is 12.1 Å². The van der Waals surface area contributed by atoms with Gasteiger partial charge in [-0.3, -0.25) is 4.79 Å². The first kappa shape index (κ1) is 13.1. The summed E-state index contributed by atoms with van der Waals surface area (Å²) in [5, 5.41) is 0. The molecule has 4 heteroatoms. The molecule has 1 unspecified atom stereocenters. The Kier molecular flexibility index (Phi) is 3.46. The Labute approximate surface area is 104 Å². The molecule has 0 amide bonds. The molecule has 18 heavy (non-hydrogen) atoms. The highest BCUT2D eigenvalue weighted by Gasteiger charge is 2.39. The lowest BCUT2D eigenvalue weighted by atomic mass is 9.81. The fourth-order valence-corrected chi connectivity index (χ4v) is 2.38. The highest BCUT2D eigenvalue weighted by molar-refractivity contribution is 5.98. The molecule has 1 aromatic rings. The maximum Gasteiger partial charge on any atom is 0.248 e. The predicted octanol–water partition coefficient (Wildman–Crippen LogP) is 4.14. The average molecular weight is 256 g/mol. The molecule has 1 aliphatic rings. The Hall–Kier alpha value is -1.32. The van der Waals surface area contributed by atoms with Gasteiger partial charge in [0.2, 0.25) is 5.92 Å². The summed E-state index contributed by atoms with van der Waals surface area (Å²) in [7, 11) is 0. The van der Waals surface area contributed by atoms with Gasteiger partial charge in [-0.2, -0.15) is 0 Å². The number of hydrogen-bond donors (Lipinski definition) is 0. The van der Waals surface area contributed by atoms with Crippen LogP contribution in [0, 0.1) is 18.7 Å². The molecule has 0 N–H and O–H groups in total. The van der Waals surface area contributed by atoms with Gasteiger partial charge in [0.15, 0.2) is 5.78 Å². The van der Waals surface area contributed by atoms with Crippen LogP contribution in [0.3, 0.4) is 0 Å². The number of benzene rings is 1. The molecule has 1 fully saturated rings. The van der Waals surface area contributed by atoms with E-state index in [0.717, 1.165) is 6.07 Å². The largest absolute Gasteiger partial charge is 0.294 e. The van der Waals surface area contributed by atoms with E-state index in [0.29, 0.717) is 18.4 Å². The third-order valence-corrected chi connectivity index (χ3v) is 3.47. The van der Waals surface area contributed by atoms with Crippen molar-refractivity contribution in [3.63, 3.8) is 0 Å². The first-order valence-electron chi connectivity index (χ1n) is 6.07. The van der Waals surface area contributed by atoms with Gasteiger partial charge in [-0.25, -0.2) is 13.2 Å². The molecular formula is C14H15F3O. The minimum atomic E-state index is -2.76. The minimum Gasteiger partial charge on any atom is -0.294 e. The molecule has 0 spiro atoms. The Bertz CT molecular complexity index is 468. The summed E-state index contributed by atoms with van der Waals surface area (Å²) >= 11 is 0. The first-order valence-corrected chi connectivity index (χ1v) is 6.07. The van der Waals surface area contributed by atoms with Gasteiger partial charge in [0, 0.05) is 24.3 Å². The van der Waals surface area contributed by atoms with Crippen LogP contribution in [0.1, 0.15) is 41.6 Å². The van der Waals surface area contributed by atoms with E-state index in [9.17, 15) is 18.0 Å². The zero-order chi connectivity index (χ0) is 13.3. The maximum absolute atomic E-state index is 13.4. The van der Waals surface area contributed by atoms with Gasteiger partial charge in [-0.15, -0.1) is 0 Å². The minimum absolute atomic E-state index is 0.154. The number of aryl methyl sites for hydroxylation is 1. The second-order valence-corrected chi connectivity index (χ2v) is 4.98. The highest BCUT2D eigenvalue weighted by Crippen LogP contribution is 2.38. The molecule has 1 aliphatic carbocycles. The number of alkyl halides is 2. The van der Waals surface area contributed by atoms with Crippen molar-refractivity contribution >= 4 is 5.78 Å². The van der Waals surface area contributed by atoms with Crippen molar-refractivity contribution in [1.82, 2.24) is 0 Å². The molecule has 98 valence electrons. The van der Waals surface area contributed by atoms with E-state index in [2.05, 4.69) is 0 Å². The third kappa shape index (κ3) is 2.74. The fourth-order valence-electron chi connectivity index (χ4n) is 2.38. The van der Waals surface area contributed by atoms with Crippen molar-refractivity contribution in [3.8, 4) is 0 Å². The van der Waals surface area contributed by atoms with Crippen LogP contribution in [0.5, 0.6) is 0 Å². The van der Waals surface area contributed by atoms with Crippen LogP contribution in [0.2, 0.25) is 0 Å². The molecule has 1 saturated carbocycles. The van der Waals surface area contributed by atoms with Crippen molar-refractivity contribution in [2.75, 3.05) is 0 Å². The van der Waals surface area contributed by atoms with Gasteiger partial charge in [0.25, 0.3) is 0 Å². The molecule has 1 nitrogen and oxygen atoms in total. The van der Waals surface area contributed by atoms with E-state index >= 15 is 0 Å². The summed E-state index contributed by atoms with van der Waals surface area (Å²) in [6, 6.07) is 4.15. The van der Waals surface area contributed by atoms with Crippen molar-refractivity contribution < 1.29 is 18.0 Å². The van der Waals surface area contributed by atoms with E-state index in [4.69, 9.17) is 0 Å². The van der Waals surface area contributed by atoms with Crippen LogP contribution in [0.4, 0.5) is 13.2 Å². The van der Waals surface area contributed by atoms with Crippen LogP contribution in [0.25, 0.3) is 0 Å². The number of ketones is 1. The van der Waals surface area contributed by atoms with E-state index < -0.39 is 24.1 Å². The van der Waals surface area contributed by atoms with Gasteiger partial charge in [0.1, 0.15) is 5.82 Å². The van der Waals surface area contributed by atoms with Gasteiger partial charge in [-0.05, 0) is 31.4 Å². The standard InChI is InChI=1S/C14H15F3O/c1-9-4-5-10(7-12(9)15)13(18)11-3-2-6-14(16,17)8-11/h4-5,7,11H,2-3,6,8H2,1H3. The summed E-state index contributed by atoms with van der Waals surface area (Å²) in [4.78, 5) is 12.1. The van der Waals surface area contributed by atoms with Gasteiger partial charge >= 0.3 is 0 Å². The van der Waals surface area contributed by atoms with E-state index in [-0.39, 0.29) is 17.8 Å². The summed E-state index contributed by atoms with van der Waals surface area (Å²) < 4.78 is 39.9. The van der Waals surface area contributed by atoms with Crippen LogP contribution in [-0.4, -0.2) is 11.7 Å². The molecule has 1 atom stereocenters. The van der Waals surface area contributed by atoms with Crippen LogP contribution >= 0.6 is 0 Å². The van der Waals surface area contributed by atoms with E-state index in [1.165, 1.54) is 12.1 Å². The second-order valence-electron chi connectivity index (χ2n) is 4.98. The summed E-state index contributed by atoms with van der Waals surface area (Å²) in [6.07, 6.45) is 0.238. The first-order chi connectivity index (χ1) is 8.39. The summed E-state index contributed by atoms with van der Waals surface area (Å²) in [5.74, 6) is -4.28. The fraction of sp³-hybridized carbons (Fsp3) is 0.500. The molecule has 0 saturated heterocycles. The Morgan fingerprint density at radius 1 is 1.39 bits per heavy atom. The van der Waals surface area contributed by atoms with Gasteiger partial charge in [0.05, 0.1) is 0 Å². The number of rotatable bonds is 2. The molecule has 2 rings (SSSR count). The normalized spacial score (nSPS) is 22.8. The Balaban J connectivity index is 2.18. The lowest BCUT2D eigenvalue weighted by Crippen LogP contribution is -2.30. The lowest BCUT2D eigenvalue weighted by molar-refractivity contribution is -0.0477. The van der Waals surface area contributed by atoms with Crippen molar-refractivity contribution in [1.29, 1.82) is 0 Å². The number of Topliss-reactive ketones (excluding diaryl/α,β-unsaturated/α-hetero) is 1. The molecule has 0 aromatic heterocycles. The average Bonchev–Trinajstić information content (AvgIpc) is 2.30. The number of hydrogen-bond acceptors (Lipinski definition) is 1. The number of carbonyl (C=O) groups is 1. The van der Waals surface area contributed by atoms with E-state index in [1.54, 1.807) is 6.92 Å². The smallest absolute Gasteiger partial charge is 0.248 e. The highest BCUT2D eigenvalue weighted by atomic mass is 19.3.